The van der Waals surface area contributed by atoms with Gasteiger partial charge in [0, 0.05) is 30.6 Å². The van der Waals surface area contributed by atoms with Gasteiger partial charge >= 0.3 is 0 Å². The van der Waals surface area contributed by atoms with E-state index in [-0.39, 0.29) is 0 Å². The highest BCUT2D eigenvalue weighted by Gasteiger charge is 2.23. The molecule has 0 atom stereocenters. The first-order valence-corrected chi connectivity index (χ1v) is 11.0. The molecule has 0 spiro atoms. The minimum Gasteiger partial charge on any atom is -0.378 e. The summed E-state index contributed by atoms with van der Waals surface area (Å²) >= 11 is 8.02. The van der Waals surface area contributed by atoms with Gasteiger partial charge in [-0.25, -0.2) is 4.98 Å². The van der Waals surface area contributed by atoms with E-state index in [0.29, 0.717) is 11.3 Å². The molecular weight excluding hydrogens is 382 g/mol. The molecule has 2 aliphatic rings. The lowest BCUT2D eigenvalue weighted by Gasteiger charge is -2.36. The van der Waals surface area contributed by atoms with Crippen molar-refractivity contribution < 1.29 is 4.74 Å². The molecule has 0 unspecified atom stereocenters. The third-order valence-corrected chi connectivity index (χ3v) is 6.99. The predicted octanol–water partition coefficient (Wildman–Crippen LogP) is 3.10. The molecule has 27 heavy (non-hydrogen) atoms. The lowest BCUT2D eigenvalue weighted by Crippen LogP contribution is -2.42. The van der Waals surface area contributed by atoms with E-state index in [4.69, 9.17) is 16.3 Å². The van der Waals surface area contributed by atoms with Crippen molar-refractivity contribution in [2.75, 3.05) is 57.9 Å². The van der Waals surface area contributed by atoms with Crippen LogP contribution in [0.3, 0.4) is 0 Å². The van der Waals surface area contributed by atoms with Crippen molar-refractivity contribution in [1.82, 2.24) is 19.8 Å². The summed E-state index contributed by atoms with van der Waals surface area (Å²) in [5, 5.41) is 0.327. The molecule has 0 aromatic carbocycles. The van der Waals surface area contributed by atoms with Gasteiger partial charge in [0.15, 0.2) is 5.82 Å². The molecule has 0 aliphatic carbocycles. The highest BCUT2D eigenvalue weighted by atomic mass is 35.5. The third kappa shape index (κ3) is 4.38. The standard InChI is InChI=1S/C19H28ClN5OS/c1-3-24-6-4-14(5-7-24)23(2)13-15-12-16-17(27-15)18(22-19(20)21-16)25-8-10-26-11-9-25/h12,14H,3-11,13H2,1-2H3. The summed E-state index contributed by atoms with van der Waals surface area (Å²) in [4.78, 5) is 17.7. The Balaban J connectivity index is 1.51. The normalized spacial score (nSPS) is 20.1. The zero-order chi connectivity index (χ0) is 18.8. The van der Waals surface area contributed by atoms with Crippen LogP contribution >= 0.6 is 22.9 Å². The molecule has 0 saturated carbocycles. The summed E-state index contributed by atoms with van der Waals surface area (Å²) in [6.07, 6.45) is 2.50. The van der Waals surface area contributed by atoms with Crippen LogP contribution in [0, 0.1) is 0 Å². The molecule has 2 aliphatic heterocycles. The Bertz CT molecular complexity index is 771. The smallest absolute Gasteiger partial charge is 0.224 e. The molecule has 4 rings (SSSR count). The maximum absolute atomic E-state index is 6.22. The SMILES string of the molecule is CCN1CCC(N(C)Cc2cc3nc(Cl)nc(N4CCOCC4)c3s2)CC1. The summed E-state index contributed by atoms with van der Waals surface area (Å²) in [6.45, 7) is 9.96. The van der Waals surface area contributed by atoms with E-state index in [2.05, 4.69) is 44.7 Å². The highest BCUT2D eigenvalue weighted by Crippen LogP contribution is 2.34. The Morgan fingerprint density at radius 3 is 2.67 bits per heavy atom. The zero-order valence-electron chi connectivity index (χ0n) is 16.2. The summed E-state index contributed by atoms with van der Waals surface area (Å²) in [5.41, 5.74) is 0.964. The maximum Gasteiger partial charge on any atom is 0.224 e. The number of piperidine rings is 1. The summed E-state index contributed by atoms with van der Waals surface area (Å²) < 4.78 is 6.62. The number of likely N-dealkylation sites (tertiary alicyclic amines) is 1. The Hall–Kier alpha value is -0.990. The fourth-order valence-electron chi connectivity index (χ4n) is 4.06. The Morgan fingerprint density at radius 1 is 1.22 bits per heavy atom. The van der Waals surface area contributed by atoms with E-state index in [1.165, 1.54) is 30.8 Å². The number of aromatic nitrogens is 2. The first-order valence-electron chi connectivity index (χ1n) is 9.85. The van der Waals surface area contributed by atoms with Gasteiger partial charge in [0.05, 0.1) is 23.4 Å². The van der Waals surface area contributed by atoms with Crippen LogP contribution in [0.25, 0.3) is 10.2 Å². The number of rotatable bonds is 5. The van der Waals surface area contributed by atoms with Gasteiger partial charge in [-0.2, -0.15) is 4.98 Å². The fraction of sp³-hybridized carbons (Fsp3) is 0.684. The van der Waals surface area contributed by atoms with E-state index < -0.39 is 0 Å². The molecule has 2 saturated heterocycles. The maximum atomic E-state index is 6.22. The van der Waals surface area contributed by atoms with Crippen molar-refractivity contribution in [1.29, 1.82) is 0 Å². The summed E-state index contributed by atoms with van der Waals surface area (Å²) in [7, 11) is 2.25. The van der Waals surface area contributed by atoms with Gasteiger partial charge in [-0.1, -0.05) is 6.92 Å². The van der Waals surface area contributed by atoms with Gasteiger partial charge < -0.3 is 14.5 Å². The van der Waals surface area contributed by atoms with Crippen molar-refractivity contribution >= 4 is 39.0 Å². The third-order valence-electron chi connectivity index (χ3n) is 5.72. The molecule has 2 fully saturated rings. The van der Waals surface area contributed by atoms with Gasteiger partial charge in [0.2, 0.25) is 5.28 Å². The quantitative estimate of drug-likeness (QED) is 0.707. The molecule has 148 valence electrons. The second-order valence-electron chi connectivity index (χ2n) is 7.42. The average Bonchev–Trinajstić information content (AvgIpc) is 3.10. The second kappa shape index (κ2) is 8.57. The number of hydrogen-bond acceptors (Lipinski definition) is 7. The van der Waals surface area contributed by atoms with Crippen molar-refractivity contribution in [2.45, 2.75) is 32.4 Å². The van der Waals surface area contributed by atoms with Gasteiger partial charge in [0.1, 0.15) is 0 Å². The number of fused-ring (bicyclic) bond motifs is 1. The van der Waals surface area contributed by atoms with E-state index >= 15 is 0 Å². The molecule has 0 radical (unpaired) electrons. The number of thiophene rings is 1. The number of halogens is 1. The van der Waals surface area contributed by atoms with Crippen LogP contribution in [0.4, 0.5) is 5.82 Å². The molecule has 8 heteroatoms. The molecule has 4 heterocycles. The van der Waals surface area contributed by atoms with Crippen LogP contribution < -0.4 is 4.90 Å². The number of morpholine rings is 1. The first kappa shape index (κ1) is 19.3. The molecule has 2 aromatic heterocycles. The van der Waals surface area contributed by atoms with Gasteiger partial charge in [-0.15, -0.1) is 11.3 Å². The molecule has 0 bridgehead atoms. The van der Waals surface area contributed by atoms with Crippen LogP contribution in [0.1, 0.15) is 24.6 Å². The average molecular weight is 410 g/mol. The van der Waals surface area contributed by atoms with Crippen molar-refractivity contribution in [3.8, 4) is 0 Å². The Morgan fingerprint density at radius 2 is 1.96 bits per heavy atom. The largest absolute Gasteiger partial charge is 0.378 e. The monoisotopic (exact) mass is 409 g/mol. The lowest BCUT2D eigenvalue weighted by molar-refractivity contribution is 0.122. The summed E-state index contributed by atoms with van der Waals surface area (Å²) in [5.74, 6) is 0.962. The van der Waals surface area contributed by atoms with Gasteiger partial charge in [-0.05, 0) is 57.2 Å². The lowest BCUT2D eigenvalue weighted by atomic mass is 10.0. The van der Waals surface area contributed by atoms with Crippen LogP contribution in [0.15, 0.2) is 6.07 Å². The number of anilines is 1. The van der Waals surface area contributed by atoms with Crippen molar-refractivity contribution in [3.05, 3.63) is 16.2 Å². The zero-order valence-corrected chi connectivity index (χ0v) is 17.7. The van der Waals surface area contributed by atoms with E-state index in [1.54, 1.807) is 11.3 Å². The van der Waals surface area contributed by atoms with Crippen LogP contribution in [-0.2, 0) is 11.3 Å². The van der Waals surface area contributed by atoms with E-state index in [1.807, 2.05) is 0 Å². The second-order valence-corrected chi connectivity index (χ2v) is 8.90. The number of ether oxygens (including phenoxy) is 1. The van der Waals surface area contributed by atoms with Crippen LogP contribution in [-0.4, -0.2) is 78.8 Å². The minimum absolute atomic E-state index is 0.327. The molecular formula is C19H28ClN5OS. The van der Waals surface area contributed by atoms with E-state index in [9.17, 15) is 0 Å². The van der Waals surface area contributed by atoms with Crippen LogP contribution in [0.5, 0.6) is 0 Å². The Labute approximate surface area is 170 Å². The summed E-state index contributed by atoms with van der Waals surface area (Å²) in [6, 6.07) is 2.85. The van der Waals surface area contributed by atoms with E-state index in [0.717, 1.165) is 55.4 Å². The topological polar surface area (TPSA) is 44.7 Å². The molecule has 6 nitrogen and oxygen atoms in total. The highest BCUT2D eigenvalue weighted by molar-refractivity contribution is 7.19. The predicted molar refractivity (Wildman–Crippen MR) is 112 cm³/mol. The van der Waals surface area contributed by atoms with Gasteiger partial charge in [0.25, 0.3) is 0 Å². The number of hydrogen-bond donors (Lipinski definition) is 0. The fourth-order valence-corrected chi connectivity index (χ4v) is 5.40. The molecule has 0 N–H and O–H groups in total. The van der Waals surface area contributed by atoms with Gasteiger partial charge in [-0.3, -0.25) is 4.90 Å². The Kier molecular flexibility index (Phi) is 6.14. The van der Waals surface area contributed by atoms with Crippen molar-refractivity contribution in [2.24, 2.45) is 0 Å². The number of nitrogens with zero attached hydrogens (tertiary/aromatic N) is 5. The van der Waals surface area contributed by atoms with Crippen LogP contribution in [0.2, 0.25) is 5.28 Å². The first-order chi connectivity index (χ1) is 13.1. The van der Waals surface area contributed by atoms with Crippen molar-refractivity contribution in [3.63, 3.8) is 0 Å². The molecule has 2 aromatic rings. The molecule has 0 amide bonds. The minimum atomic E-state index is 0.327.